The summed E-state index contributed by atoms with van der Waals surface area (Å²) in [5.74, 6) is 0.482. The van der Waals surface area contributed by atoms with Gasteiger partial charge in [-0.1, -0.05) is 0 Å². The molecule has 1 unspecified atom stereocenters. The molecule has 1 atom stereocenters. The molecule has 0 aliphatic carbocycles. The number of aromatic nitrogens is 4. The lowest BCUT2D eigenvalue weighted by Gasteiger charge is -2.18. The van der Waals surface area contributed by atoms with Crippen LogP contribution in [0.4, 0.5) is 5.95 Å². The first-order valence-corrected chi connectivity index (χ1v) is 7.39. The summed E-state index contributed by atoms with van der Waals surface area (Å²) in [6.07, 6.45) is -0.799. The summed E-state index contributed by atoms with van der Waals surface area (Å²) in [6, 6.07) is 0. The molecule has 0 saturated carbocycles. The monoisotopic (exact) mass is 325 g/mol. The zero-order chi connectivity index (χ0) is 17.3. The Balaban J connectivity index is 2.52. The van der Waals surface area contributed by atoms with Gasteiger partial charge < -0.3 is 19.3 Å². The Morgan fingerprint density at radius 2 is 2.00 bits per heavy atom. The Hall–Kier alpha value is -2.13. The number of anilines is 1. The molecule has 0 aliphatic heterocycles. The van der Waals surface area contributed by atoms with E-state index in [2.05, 4.69) is 9.97 Å². The molecule has 2 aromatic rings. The van der Waals surface area contributed by atoms with Gasteiger partial charge in [0.1, 0.15) is 0 Å². The maximum atomic E-state index is 12.2. The van der Waals surface area contributed by atoms with Gasteiger partial charge in [-0.2, -0.15) is 4.98 Å². The van der Waals surface area contributed by atoms with Gasteiger partial charge in [0, 0.05) is 21.1 Å². The van der Waals surface area contributed by atoms with E-state index in [1.807, 2.05) is 13.8 Å². The average Bonchev–Trinajstić information content (AvgIpc) is 2.83. The second kappa shape index (κ2) is 6.55. The lowest BCUT2D eigenvalue weighted by Crippen LogP contribution is -2.31. The van der Waals surface area contributed by atoms with Crippen molar-refractivity contribution >= 4 is 17.1 Å². The number of aromatic amines is 1. The molecule has 0 radical (unpaired) electrons. The van der Waals surface area contributed by atoms with E-state index in [0.29, 0.717) is 5.95 Å². The molecule has 128 valence electrons. The number of ether oxygens (including phenoxy) is 1. The summed E-state index contributed by atoms with van der Waals surface area (Å²) in [5, 5.41) is 10.2. The van der Waals surface area contributed by atoms with Gasteiger partial charge in [-0.3, -0.25) is 14.3 Å². The van der Waals surface area contributed by atoms with Crippen molar-refractivity contribution in [1.82, 2.24) is 19.1 Å². The number of fused-ring (bicyclic) bond motifs is 1. The van der Waals surface area contributed by atoms with Gasteiger partial charge in [0.15, 0.2) is 11.2 Å². The first-order valence-electron chi connectivity index (χ1n) is 7.39. The van der Waals surface area contributed by atoms with Crippen LogP contribution < -0.4 is 16.1 Å². The number of aliphatic hydroxyl groups excluding tert-OH is 1. The maximum absolute atomic E-state index is 12.2. The van der Waals surface area contributed by atoms with Gasteiger partial charge in [0.2, 0.25) is 5.95 Å². The number of hydrogen-bond acceptors (Lipinski definition) is 6. The lowest BCUT2D eigenvalue weighted by molar-refractivity contribution is -0.000156. The summed E-state index contributed by atoms with van der Waals surface area (Å²) in [4.78, 5) is 32.3. The van der Waals surface area contributed by atoms with Crippen LogP contribution in [-0.2, 0) is 18.3 Å². The topological polar surface area (TPSA) is 105 Å². The number of aliphatic hydroxyl groups is 1. The molecule has 2 aromatic heterocycles. The minimum absolute atomic E-state index is 0.00160. The molecule has 23 heavy (non-hydrogen) atoms. The molecule has 0 amide bonds. The lowest BCUT2D eigenvalue weighted by atomic mass is 10.3. The molecule has 0 spiro atoms. The normalized spacial score (nSPS) is 13.0. The van der Waals surface area contributed by atoms with E-state index in [0.717, 1.165) is 0 Å². The van der Waals surface area contributed by atoms with Crippen molar-refractivity contribution in [3.05, 3.63) is 20.8 Å². The Labute approximate surface area is 133 Å². The molecule has 0 aromatic carbocycles. The molecule has 2 heterocycles. The van der Waals surface area contributed by atoms with Gasteiger partial charge in [-0.05, 0) is 13.8 Å². The third kappa shape index (κ3) is 3.45. The van der Waals surface area contributed by atoms with Gasteiger partial charge in [0.25, 0.3) is 5.56 Å². The fourth-order valence-corrected chi connectivity index (χ4v) is 2.30. The first kappa shape index (κ1) is 17.2. The highest BCUT2D eigenvalue weighted by Crippen LogP contribution is 2.18. The van der Waals surface area contributed by atoms with E-state index in [4.69, 9.17) is 4.74 Å². The Morgan fingerprint density at radius 1 is 1.35 bits per heavy atom. The van der Waals surface area contributed by atoms with Crippen molar-refractivity contribution in [3.8, 4) is 0 Å². The van der Waals surface area contributed by atoms with E-state index in [-0.39, 0.29) is 30.4 Å². The third-order valence-electron chi connectivity index (χ3n) is 3.40. The standard InChI is InChI=1S/C14H23N5O4/c1-8(2)23-7-9(20)6-19-10-11(15-13(19)17(3)4)18(5)14(22)16-12(10)21/h8-9,20H,6-7H2,1-5H3,(H,16,21,22). The molecule has 0 saturated heterocycles. The van der Waals surface area contributed by atoms with E-state index in [1.165, 1.54) is 11.6 Å². The highest BCUT2D eigenvalue weighted by atomic mass is 16.5. The van der Waals surface area contributed by atoms with Crippen LogP contribution in [0.2, 0.25) is 0 Å². The van der Waals surface area contributed by atoms with Crippen molar-refractivity contribution in [2.45, 2.75) is 32.6 Å². The van der Waals surface area contributed by atoms with Crippen molar-refractivity contribution in [2.24, 2.45) is 7.05 Å². The maximum Gasteiger partial charge on any atom is 0.329 e. The molecular formula is C14H23N5O4. The fourth-order valence-electron chi connectivity index (χ4n) is 2.30. The first-order chi connectivity index (χ1) is 10.7. The van der Waals surface area contributed by atoms with Crippen molar-refractivity contribution in [3.63, 3.8) is 0 Å². The van der Waals surface area contributed by atoms with E-state index in [1.54, 1.807) is 23.6 Å². The minimum atomic E-state index is -0.801. The number of hydrogen-bond donors (Lipinski definition) is 2. The summed E-state index contributed by atoms with van der Waals surface area (Å²) < 4.78 is 8.27. The number of aryl methyl sites for hydroxylation is 1. The van der Waals surface area contributed by atoms with Crippen LogP contribution in [0.1, 0.15) is 13.8 Å². The van der Waals surface area contributed by atoms with Crippen molar-refractivity contribution < 1.29 is 9.84 Å². The Morgan fingerprint density at radius 3 is 2.57 bits per heavy atom. The average molecular weight is 325 g/mol. The summed E-state index contributed by atoms with van der Waals surface area (Å²) in [5.41, 5.74) is -0.527. The molecule has 0 aliphatic rings. The van der Waals surface area contributed by atoms with Crippen molar-refractivity contribution in [1.29, 1.82) is 0 Å². The smallest absolute Gasteiger partial charge is 0.329 e. The van der Waals surface area contributed by atoms with Gasteiger partial charge in [-0.25, -0.2) is 4.79 Å². The zero-order valence-corrected chi connectivity index (χ0v) is 14.0. The third-order valence-corrected chi connectivity index (χ3v) is 3.40. The quantitative estimate of drug-likeness (QED) is 0.726. The number of nitrogens with zero attached hydrogens (tertiary/aromatic N) is 4. The summed E-state index contributed by atoms with van der Waals surface area (Å²) in [6.45, 7) is 4.04. The second-order valence-corrected chi connectivity index (χ2v) is 5.94. The van der Waals surface area contributed by atoms with Crippen LogP contribution in [0.3, 0.4) is 0 Å². The van der Waals surface area contributed by atoms with Gasteiger partial charge in [0.05, 0.1) is 25.4 Å². The van der Waals surface area contributed by atoms with Crippen LogP contribution in [0.5, 0.6) is 0 Å². The molecule has 2 N–H and O–H groups in total. The summed E-state index contributed by atoms with van der Waals surface area (Å²) >= 11 is 0. The second-order valence-electron chi connectivity index (χ2n) is 5.94. The van der Waals surface area contributed by atoms with E-state index >= 15 is 0 Å². The highest BCUT2D eigenvalue weighted by molar-refractivity contribution is 5.74. The number of rotatable bonds is 6. The van der Waals surface area contributed by atoms with Crippen LogP contribution in [0.15, 0.2) is 9.59 Å². The molecule has 9 heteroatoms. The number of imidazole rings is 1. The van der Waals surface area contributed by atoms with Crippen LogP contribution >= 0.6 is 0 Å². The van der Waals surface area contributed by atoms with Crippen LogP contribution in [-0.4, -0.2) is 57.1 Å². The van der Waals surface area contributed by atoms with Gasteiger partial charge >= 0.3 is 5.69 Å². The predicted molar refractivity (Wildman–Crippen MR) is 87.0 cm³/mol. The highest BCUT2D eigenvalue weighted by Gasteiger charge is 2.20. The number of H-pyrrole nitrogens is 1. The molecule has 9 nitrogen and oxygen atoms in total. The van der Waals surface area contributed by atoms with E-state index < -0.39 is 17.4 Å². The summed E-state index contributed by atoms with van der Waals surface area (Å²) in [7, 11) is 5.09. The SMILES string of the molecule is CC(C)OCC(O)Cn1c(N(C)C)nc2c1c(=O)[nH]c(=O)n2C. The van der Waals surface area contributed by atoms with Crippen molar-refractivity contribution in [2.75, 3.05) is 25.6 Å². The Bertz CT molecular complexity index is 802. The fraction of sp³-hybridized carbons (Fsp3) is 0.643. The van der Waals surface area contributed by atoms with Gasteiger partial charge in [-0.15, -0.1) is 0 Å². The van der Waals surface area contributed by atoms with E-state index in [9.17, 15) is 14.7 Å². The minimum Gasteiger partial charge on any atom is -0.389 e. The largest absolute Gasteiger partial charge is 0.389 e. The molecular weight excluding hydrogens is 302 g/mol. The molecule has 2 rings (SSSR count). The molecule has 0 bridgehead atoms. The van der Waals surface area contributed by atoms with Crippen LogP contribution in [0.25, 0.3) is 11.2 Å². The zero-order valence-electron chi connectivity index (χ0n) is 14.0. The number of nitrogens with one attached hydrogen (secondary N) is 1. The van der Waals surface area contributed by atoms with Crippen LogP contribution in [0, 0.1) is 0 Å². The molecule has 0 fully saturated rings. The predicted octanol–water partition coefficient (Wildman–Crippen LogP) is -0.725. The Kier molecular flexibility index (Phi) is 4.90.